The Balaban J connectivity index is 2.56. The van der Waals surface area contributed by atoms with E-state index in [1.54, 1.807) is 12.3 Å². The summed E-state index contributed by atoms with van der Waals surface area (Å²) in [5, 5.41) is 0. The van der Waals surface area contributed by atoms with Crippen LogP contribution in [0.3, 0.4) is 0 Å². The first-order valence-corrected chi connectivity index (χ1v) is 5.50. The lowest BCUT2D eigenvalue weighted by Gasteiger charge is -2.13. The minimum atomic E-state index is -0.312. The van der Waals surface area contributed by atoms with Crippen molar-refractivity contribution in [1.29, 1.82) is 0 Å². The van der Waals surface area contributed by atoms with Crippen LogP contribution in [0.1, 0.15) is 19.9 Å². The predicted octanol–water partition coefficient (Wildman–Crippen LogP) is 3.28. The van der Waals surface area contributed by atoms with Crippen molar-refractivity contribution in [2.75, 3.05) is 7.11 Å². The number of ether oxygens (including phenoxy) is 1. The normalized spacial score (nSPS) is 10.9. The third-order valence-electron chi connectivity index (χ3n) is 2.63. The predicted molar refractivity (Wildman–Crippen MR) is 64.6 cm³/mol. The molecule has 0 unspecified atom stereocenters. The van der Waals surface area contributed by atoms with Crippen molar-refractivity contribution in [3.63, 3.8) is 0 Å². The van der Waals surface area contributed by atoms with Crippen molar-refractivity contribution in [2.45, 2.75) is 19.9 Å². The Morgan fingerprint density at radius 3 is 2.76 bits per heavy atom. The van der Waals surface area contributed by atoms with Gasteiger partial charge in [-0.05, 0) is 26.0 Å². The fraction of sp³-hybridized carbons (Fsp3) is 0.308. The lowest BCUT2D eigenvalue weighted by molar-refractivity contribution is 0.412. The summed E-state index contributed by atoms with van der Waals surface area (Å²) >= 11 is 0. The monoisotopic (exact) mass is 234 g/mol. The van der Waals surface area contributed by atoms with Crippen molar-refractivity contribution < 1.29 is 9.13 Å². The molecular formula is C13H15FN2O. The molecule has 0 N–H and O–H groups in total. The Hall–Kier alpha value is -1.84. The molecule has 1 aromatic heterocycles. The van der Waals surface area contributed by atoms with Crippen LogP contribution in [0.2, 0.25) is 0 Å². The Morgan fingerprint density at radius 1 is 1.35 bits per heavy atom. The molecule has 2 rings (SSSR count). The lowest BCUT2D eigenvalue weighted by atomic mass is 10.1. The van der Waals surface area contributed by atoms with Gasteiger partial charge < -0.3 is 9.30 Å². The molecule has 0 spiro atoms. The third kappa shape index (κ3) is 2.16. The molecule has 0 atom stereocenters. The molecule has 90 valence electrons. The second kappa shape index (κ2) is 4.57. The standard InChI is InChI=1S/C13H15FN2O/c1-9(2)16-7-6-15-13(16)11-5-4-10(14)8-12(11)17-3/h4-9H,1-3H3. The van der Waals surface area contributed by atoms with E-state index in [0.717, 1.165) is 11.4 Å². The summed E-state index contributed by atoms with van der Waals surface area (Å²) in [6.07, 6.45) is 3.64. The molecule has 0 bridgehead atoms. The number of nitrogens with zero attached hydrogens (tertiary/aromatic N) is 2. The van der Waals surface area contributed by atoms with Gasteiger partial charge in [0.05, 0.1) is 12.7 Å². The second-order valence-electron chi connectivity index (χ2n) is 4.10. The molecule has 0 aliphatic rings. The van der Waals surface area contributed by atoms with Gasteiger partial charge in [-0.25, -0.2) is 9.37 Å². The minimum Gasteiger partial charge on any atom is -0.496 e. The topological polar surface area (TPSA) is 27.1 Å². The summed E-state index contributed by atoms with van der Waals surface area (Å²) in [6.45, 7) is 4.14. The van der Waals surface area contributed by atoms with Crippen LogP contribution < -0.4 is 4.74 Å². The highest BCUT2D eigenvalue weighted by atomic mass is 19.1. The first kappa shape index (κ1) is 11.6. The van der Waals surface area contributed by atoms with Gasteiger partial charge in [-0.15, -0.1) is 0 Å². The number of hydrogen-bond donors (Lipinski definition) is 0. The minimum absolute atomic E-state index is 0.294. The van der Waals surface area contributed by atoms with Crippen LogP contribution in [-0.2, 0) is 0 Å². The molecule has 1 aromatic carbocycles. The maximum absolute atomic E-state index is 13.1. The van der Waals surface area contributed by atoms with E-state index in [1.165, 1.54) is 19.2 Å². The number of aromatic nitrogens is 2. The van der Waals surface area contributed by atoms with Gasteiger partial charge >= 0.3 is 0 Å². The van der Waals surface area contributed by atoms with E-state index in [9.17, 15) is 4.39 Å². The van der Waals surface area contributed by atoms with Gasteiger partial charge in [-0.2, -0.15) is 0 Å². The van der Waals surface area contributed by atoms with E-state index >= 15 is 0 Å². The van der Waals surface area contributed by atoms with Gasteiger partial charge in [0, 0.05) is 24.5 Å². The van der Waals surface area contributed by atoms with Crippen LogP contribution in [-0.4, -0.2) is 16.7 Å². The van der Waals surface area contributed by atoms with Gasteiger partial charge in [-0.3, -0.25) is 0 Å². The van der Waals surface area contributed by atoms with E-state index in [2.05, 4.69) is 18.8 Å². The van der Waals surface area contributed by atoms with Gasteiger partial charge in [-0.1, -0.05) is 0 Å². The number of methoxy groups -OCH3 is 1. The number of benzene rings is 1. The summed E-state index contributed by atoms with van der Waals surface area (Å²) in [7, 11) is 1.53. The Kier molecular flexibility index (Phi) is 3.13. The Bertz CT molecular complexity index is 520. The Morgan fingerprint density at radius 2 is 2.12 bits per heavy atom. The molecule has 0 aliphatic heterocycles. The molecule has 0 saturated heterocycles. The molecule has 0 aliphatic carbocycles. The van der Waals surface area contributed by atoms with Crippen LogP contribution in [0.4, 0.5) is 4.39 Å². The van der Waals surface area contributed by atoms with Crippen molar-refractivity contribution in [3.8, 4) is 17.1 Å². The highest BCUT2D eigenvalue weighted by molar-refractivity contribution is 5.64. The zero-order chi connectivity index (χ0) is 12.4. The zero-order valence-corrected chi connectivity index (χ0v) is 10.1. The number of halogens is 1. The maximum atomic E-state index is 13.1. The van der Waals surface area contributed by atoms with Gasteiger partial charge in [0.15, 0.2) is 0 Å². The van der Waals surface area contributed by atoms with Crippen molar-refractivity contribution in [1.82, 2.24) is 9.55 Å². The van der Waals surface area contributed by atoms with Crippen LogP contribution in [0.5, 0.6) is 5.75 Å². The molecule has 0 fully saturated rings. The number of imidazole rings is 1. The van der Waals surface area contributed by atoms with Crippen molar-refractivity contribution >= 4 is 0 Å². The number of rotatable bonds is 3. The maximum Gasteiger partial charge on any atom is 0.143 e. The van der Waals surface area contributed by atoms with E-state index < -0.39 is 0 Å². The van der Waals surface area contributed by atoms with Gasteiger partial charge in [0.2, 0.25) is 0 Å². The highest BCUT2D eigenvalue weighted by Crippen LogP contribution is 2.30. The quantitative estimate of drug-likeness (QED) is 0.814. The molecule has 1 heterocycles. The third-order valence-corrected chi connectivity index (χ3v) is 2.63. The van der Waals surface area contributed by atoms with E-state index in [0.29, 0.717) is 11.8 Å². The molecular weight excluding hydrogens is 219 g/mol. The summed E-state index contributed by atoms with van der Waals surface area (Å²) in [6, 6.07) is 4.77. The van der Waals surface area contributed by atoms with Crippen LogP contribution in [0.15, 0.2) is 30.6 Å². The van der Waals surface area contributed by atoms with Crippen LogP contribution in [0, 0.1) is 5.82 Å². The summed E-state index contributed by atoms with van der Waals surface area (Å²) in [5.41, 5.74) is 0.799. The molecule has 0 saturated carbocycles. The second-order valence-corrected chi connectivity index (χ2v) is 4.10. The average molecular weight is 234 g/mol. The lowest BCUT2D eigenvalue weighted by Crippen LogP contribution is -2.03. The summed E-state index contributed by atoms with van der Waals surface area (Å²) in [5.74, 6) is 0.975. The van der Waals surface area contributed by atoms with Crippen LogP contribution in [0.25, 0.3) is 11.4 Å². The first-order chi connectivity index (χ1) is 8.13. The fourth-order valence-electron chi connectivity index (χ4n) is 1.79. The van der Waals surface area contributed by atoms with Crippen molar-refractivity contribution in [2.24, 2.45) is 0 Å². The van der Waals surface area contributed by atoms with Crippen LogP contribution >= 0.6 is 0 Å². The smallest absolute Gasteiger partial charge is 0.143 e. The molecule has 0 radical (unpaired) electrons. The van der Waals surface area contributed by atoms with Gasteiger partial charge in [0.25, 0.3) is 0 Å². The Labute approximate surface area is 99.9 Å². The van der Waals surface area contributed by atoms with Gasteiger partial charge in [0.1, 0.15) is 17.4 Å². The number of hydrogen-bond acceptors (Lipinski definition) is 2. The summed E-state index contributed by atoms with van der Waals surface area (Å²) in [4.78, 5) is 4.31. The molecule has 3 nitrogen and oxygen atoms in total. The molecule has 0 amide bonds. The van der Waals surface area contributed by atoms with E-state index in [4.69, 9.17) is 4.74 Å². The first-order valence-electron chi connectivity index (χ1n) is 5.50. The summed E-state index contributed by atoms with van der Waals surface area (Å²) < 4.78 is 20.3. The van der Waals surface area contributed by atoms with E-state index in [1.807, 2.05) is 10.8 Å². The highest BCUT2D eigenvalue weighted by Gasteiger charge is 2.13. The SMILES string of the molecule is COc1cc(F)ccc1-c1nccn1C(C)C. The largest absolute Gasteiger partial charge is 0.496 e. The molecule has 4 heteroatoms. The van der Waals surface area contributed by atoms with Crippen molar-refractivity contribution in [3.05, 3.63) is 36.4 Å². The zero-order valence-electron chi connectivity index (χ0n) is 10.1. The fourth-order valence-corrected chi connectivity index (χ4v) is 1.79. The average Bonchev–Trinajstić information content (AvgIpc) is 2.77. The van der Waals surface area contributed by atoms with E-state index in [-0.39, 0.29) is 5.82 Å². The molecule has 2 aromatic rings. The molecule has 17 heavy (non-hydrogen) atoms.